The molecule has 33 heavy (non-hydrogen) atoms. The van der Waals surface area contributed by atoms with Crippen LogP contribution >= 0.6 is 0 Å². The number of methoxy groups -OCH3 is 1. The van der Waals surface area contributed by atoms with Crippen molar-refractivity contribution in [3.63, 3.8) is 0 Å². The smallest absolute Gasteiger partial charge is 0.338 e. The number of esters is 1. The molecule has 0 radical (unpaired) electrons. The van der Waals surface area contributed by atoms with E-state index in [-0.39, 0.29) is 0 Å². The maximum Gasteiger partial charge on any atom is 0.338 e. The molecule has 7 nitrogen and oxygen atoms in total. The molecule has 4 aromatic rings. The van der Waals surface area contributed by atoms with Crippen molar-refractivity contribution in [1.29, 1.82) is 0 Å². The van der Waals surface area contributed by atoms with Gasteiger partial charge in [-0.25, -0.2) is 18.2 Å². The molecule has 1 N–H and O–H groups in total. The number of pyridine rings is 2. The van der Waals surface area contributed by atoms with Gasteiger partial charge in [0.2, 0.25) is 10.0 Å². The van der Waals surface area contributed by atoms with E-state index in [1.54, 1.807) is 36.7 Å². The van der Waals surface area contributed by atoms with Crippen LogP contribution in [0.15, 0.2) is 73.1 Å². The molecule has 0 saturated carbocycles. The van der Waals surface area contributed by atoms with Crippen LogP contribution in [0.1, 0.15) is 24.2 Å². The van der Waals surface area contributed by atoms with Crippen molar-refractivity contribution in [2.24, 2.45) is 0 Å². The van der Waals surface area contributed by atoms with E-state index in [2.05, 4.69) is 14.7 Å². The van der Waals surface area contributed by atoms with Crippen LogP contribution in [0, 0.1) is 0 Å². The second-order valence-electron chi connectivity index (χ2n) is 6.97. The SMILES string of the molecule is CC.COC(=O)c1cc(-c2ccc(-c3ccc(NS(C)(=O)=O)cc3)cc2)nc2ccncc12. The van der Waals surface area contributed by atoms with Gasteiger partial charge in [-0.1, -0.05) is 50.2 Å². The second-order valence-corrected chi connectivity index (χ2v) is 8.72. The monoisotopic (exact) mass is 463 g/mol. The molecule has 8 heteroatoms. The van der Waals surface area contributed by atoms with Crippen LogP contribution in [-0.4, -0.2) is 37.7 Å². The van der Waals surface area contributed by atoms with Gasteiger partial charge in [0.1, 0.15) is 0 Å². The number of fused-ring (bicyclic) bond motifs is 1. The van der Waals surface area contributed by atoms with E-state index >= 15 is 0 Å². The lowest BCUT2D eigenvalue weighted by Crippen LogP contribution is -2.09. The average molecular weight is 464 g/mol. The number of benzene rings is 2. The van der Waals surface area contributed by atoms with Crippen molar-refractivity contribution < 1.29 is 17.9 Å². The van der Waals surface area contributed by atoms with Gasteiger partial charge >= 0.3 is 5.97 Å². The molecule has 0 bridgehead atoms. The third-order valence-corrected chi connectivity index (χ3v) is 5.32. The maximum atomic E-state index is 12.2. The van der Waals surface area contributed by atoms with Gasteiger partial charge in [0, 0.05) is 29.0 Å². The van der Waals surface area contributed by atoms with Gasteiger partial charge < -0.3 is 4.74 Å². The van der Waals surface area contributed by atoms with Crippen LogP contribution in [0.3, 0.4) is 0 Å². The third kappa shape index (κ3) is 5.72. The molecular weight excluding hydrogens is 438 g/mol. The van der Waals surface area contributed by atoms with Gasteiger partial charge in [-0.05, 0) is 35.4 Å². The van der Waals surface area contributed by atoms with E-state index in [0.717, 1.165) is 22.9 Å². The predicted molar refractivity (Wildman–Crippen MR) is 132 cm³/mol. The number of carbonyl (C=O) groups excluding carboxylic acids is 1. The fraction of sp³-hybridized carbons (Fsp3) is 0.160. The minimum Gasteiger partial charge on any atom is -0.465 e. The van der Waals surface area contributed by atoms with Crippen LogP contribution in [0.5, 0.6) is 0 Å². The van der Waals surface area contributed by atoms with Crippen molar-refractivity contribution in [2.75, 3.05) is 18.1 Å². The lowest BCUT2D eigenvalue weighted by atomic mass is 10.0. The Morgan fingerprint density at radius 1 is 0.909 bits per heavy atom. The summed E-state index contributed by atoms with van der Waals surface area (Å²) in [7, 11) is -1.97. The summed E-state index contributed by atoms with van der Waals surface area (Å²) in [5.41, 5.74) is 4.99. The average Bonchev–Trinajstić information content (AvgIpc) is 2.84. The highest BCUT2D eigenvalue weighted by Gasteiger charge is 2.14. The standard InChI is InChI=1S/C23H19N3O4S.C2H6/c1-30-23(27)19-13-22(25-21-11-12-24-14-20(19)21)17-5-3-15(4-6-17)16-7-9-18(10-8-16)26-31(2,28)29;1-2/h3-14,26H,1-2H3;1-2H3. The lowest BCUT2D eigenvalue weighted by Gasteiger charge is -2.09. The second kappa shape index (κ2) is 10.2. The molecule has 0 amide bonds. The lowest BCUT2D eigenvalue weighted by molar-refractivity contribution is 0.0603. The Kier molecular flexibility index (Phi) is 7.40. The summed E-state index contributed by atoms with van der Waals surface area (Å²) in [6, 6.07) is 18.3. The number of hydrogen-bond acceptors (Lipinski definition) is 6. The molecule has 0 unspecified atom stereocenters. The van der Waals surface area contributed by atoms with E-state index in [1.807, 2.05) is 50.2 Å². The molecule has 0 fully saturated rings. The Hall–Kier alpha value is -3.78. The molecule has 0 atom stereocenters. The summed E-state index contributed by atoms with van der Waals surface area (Å²) < 4.78 is 30.1. The molecule has 2 heterocycles. The first-order valence-electron chi connectivity index (χ1n) is 10.4. The van der Waals surface area contributed by atoms with Gasteiger partial charge in [0.25, 0.3) is 0 Å². The molecule has 0 aliphatic rings. The molecule has 170 valence electrons. The normalized spacial score (nSPS) is 10.8. The predicted octanol–water partition coefficient (Wildman–Crippen LogP) is 5.15. The Morgan fingerprint density at radius 2 is 1.48 bits per heavy atom. The van der Waals surface area contributed by atoms with Crippen LogP contribution in [0.2, 0.25) is 0 Å². The Balaban J connectivity index is 0.00000149. The minimum absolute atomic E-state index is 0.411. The van der Waals surface area contributed by atoms with Gasteiger partial charge in [-0.15, -0.1) is 0 Å². The number of nitrogens with zero attached hydrogens (tertiary/aromatic N) is 2. The summed E-state index contributed by atoms with van der Waals surface area (Å²) in [5.74, 6) is -0.443. The molecule has 0 aliphatic heterocycles. The fourth-order valence-corrected chi connectivity index (χ4v) is 3.84. The van der Waals surface area contributed by atoms with Gasteiger partial charge in [0.05, 0.1) is 30.1 Å². The number of ether oxygens (including phenoxy) is 1. The van der Waals surface area contributed by atoms with Crippen molar-refractivity contribution in [3.05, 3.63) is 78.6 Å². The van der Waals surface area contributed by atoms with Crippen LogP contribution < -0.4 is 4.72 Å². The Bertz CT molecular complexity index is 1370. The Morgan fingerprint density at radius 3 is 2.06 bits per heavy atom. The zero-order chi connectivity index (χ0) is 24.0. The summed E-state index contributed by atoms with van der Waals surface area (Å²) in [6.07, 6.45) is 4.35. The van der Waals surface area contributed by atoms with E-state index in [9.17, 15) is 13.2 Å². The van der Waals surface area contributed by atoms with Crippen molar-refractivity contribution >= 4 is 32.6 Å². The van der Waals surface area contributed by atoms with Gasteiger partial charge in [0.15, 0.2) is 0 Å². The van der Waals surface area contributed by atoms with E-state index in [4.69, 9.17) is 4.74 Å². The van der Waals surface area contributed by atoms with E-state index in [1.165, 1.54) is 7.11 Å². The quantitative estimate of drug-likeness (QED) is 0.411. The van der Waals surface area contributed by atoms with Crippen LogP contribution in [-0.2, 0) is 14.8 Å². The highest BCUT2D eigenvalue weighted by Crippen LogP contribution is 2.28. The number of carbonyl (C=O) groups is 1. The molecular formula is C25H25N3O4S. The summed E-state index contributed by atoms with van der Waals surface area (Å²) >= 11 is 0. The topological polar surface area (TPSA) is 98.2 Å². The summed E-state index contributed by atoms with van der Waals surface area (Å²) in [6.45, 7) is 4.00. The summed E-state index contributed by atoms with van der Waals surface area (Å²) in [5, 5.41) is 0.637. The number of aromatic nitrogens is 2. The van der Waals surface area contributed by atoms with Crippen molar-refractivity contribution in [2.45, 2.75) is 13.8 Å². The molecule has 0 aliphatic carbocycles. The fourth-order valence-electron chi connectivity index (χ4n) is 3.27. The molecule has 2 aromatic carbocycles. The van der Waals surface area contributed by atoms with Gasteiger partial charge in [-0.2, -0.15) is 0 Å². The molecule has 0 spiro atoms. The molecule has 4 rings (SSSR count). The molecule has 0 saturated heterocycles. The zero-order valence-corrected chi connectivity index (χ0v) is 19.7. The number of hydrogen-bond donors (Lipinski definition) is 1. The number of nitrogens with one attached hydrogen (secondary N) is 1. The zero-order valence-electron chi connectivity index (χ0n) is 18.9. The highest BCUT2D eigenvalue weighted by atomic mass is 32.2. The highest BCUT2D eigenvalue weighted by molar-refractivity contribution is 7.92. The van der Waals surface area contributed by atoms with Gasteiger partial charge in [-0.3, -0.25) is 9.71 Å². The third-order valence-electron chi connectivity index (χ3n) is 4.72. The minimum atomic E-state index is -3.31. The largest absolute Gasteiger partial charge is 0.465 e. The number of rotatable bonds is 5. The van der Waals surface area contributed by atoms with E-state index < -0.39 is 16.0 Å². The van der Waals surface area contributed by atoms with Crippen molar-refractivity contribution in [1.82, 2.24) is 9.97 Å². The Labute approximate surface area is 193 Å². The first-order chi connectivity index (χ1) is 15.8. The summed E-state index contributed by atoms with van der Waals surface area (Å²) in [4.78, 5) is 21.0. The number of sulfonamides is 1. The van der Waals surface area contributed by atoms with Crippen LogP contribution in [0.25, 0.3) is 33.3 Å². The molecule has 2 aromatic heterocycles. The van der Waals surface area contributed by atoms with E-state index in [0.29, 0.717) is 27.8 Å². The first kappa shape index (κ1) is 23.9. The maximum absolute atomic E-state index is 12.2. The van der Waals surface area contributed by atoms with Crippen molar-refractivity contribution in [3.8, 4) is 22.4 Å². The number of anilines is 1. The van der Waals surface area contributed by atoms with Crippen LogP contribution in [0.4, 0.5) is 5.69 Å². The first-order valence-corrected chi connectivity index (χ1v) is 12.2.